The largest absolute Gasteiger partial charge is 0.473 e. The van der Waals surface area contributed by atoms with Gasteiger partial charge in [-0.3, -0.25) is 0 Å². The molecule has 0 atom stereocenters. The molecular formula is C12H17ClN2O. The van der Waals surface area contributed by atoms with Crippen molar-refractivity contribution in [1.82, 2.24) is 4.98 Å². The van der Waals surface area contributed by atoms with E-state index in [0.717, 1.165) is 11.3 Å². The lowest BCUT2D eigenvalue weighted by atomic mass is 10.3. The zero-order chi connectivity index (χ0) is 12.0. The van der Waals surface area contributed by atoms with Gasteiger partial charge in [-0.25, -0.2) is 4.98 Å². The number of aromatic nitrogens is 1. The van der Waals surface area contributed by atoms with E-state index in [4.69, 9.17) is 16.3 Å². The van der Waals surface area contributed by atoms with Crippen LogP contribution in [0.1, 0.15) is 20.8 Å². The van der Waals surface area contributed by atoms with Crippen molar-refractivity contribution in [3.05, 3.63) is 29.4 Å². The molecule has 0 saturated heterocycles. The zero-order valence-corrected chi connectivity index (χ0v) is 10.6. The van der Waals surface area contributed by atoms with Gasteiger partial charge in [-0.05, 0) is 38.5 Å². The van der Waals surface area contributed by atoms with Crippen LogP contribution in [0.2, 0.25) is 0 Å². The highest BCUT2D eigenvalue weighted by Gasteiger charge is 2.05. The lowest BCUT2D eigenvalue weighted by Gasteiger charge is -2.14. The summed E-state index contributed by atoms with van der Waals surface area (Å²) in [5, 5.41) is 3.23. The van der Waals surface area contributed by atoms with Crippen molar-refractivity contribution in [1.29, 1.82) is 0 Å². The third-order valence-electron chi connectivity index (χ3n) is 1.86. The fourth-order valence-electron chi connectivity index (χ4n) is 1.12. The first-order chi connectivity index (χ1) is 7.63. The number of hydrogen-bond donors (Lipinski definition) is 1. The predicted molar refractivity (Wildman–Crippen MR) is 68.1 cm³/mol. The number of hydrogen-bond acceptors (Lipinski definition) is 3. The average Bonchev–Trinajstić information content (AvgIpc) is 2.26. The summed E-state index contributed by atoms with van der Waals surface area (Å²) in [5.74, 6) is 0.625. The SMILES string of the molecule is C/C(=C\Cl)CNc1cccnc1OC(C)C. The van der Waals surface area contributed by atoms with Crippen LogP contribution in [0.25, 0.3) is 0 Å². The minimum Gasteiger partial charge on any atom is -0.473 e. The van der Waals surface area contributed by atoms with Gasteiger partial charge < -0.3 is 10.1 Å². The summed E-state index contributed by atoms with van der Waals surface area (Å²) in [5.41, 5.74) is 3.50. The van der Waals surface area contributed by atoms with Gasteiger partial charge >= 0.3 is 0 Å². The molecule has 0 fully saturated rings. The Morgan fingerprint density at radius 3 is 3.00 bits per heavy atom. The number of nitrogens with zero attached hydrogens (tertiary/aromatic N) is 1. The summed E-state index contributed by atoms with van der Waals surface area (Å²) in [6.45, 7) is 6.59. The van der Waals surface area contributed by atoms with Gasteiger partial charge in [0.05, 0.1) is 11.8 Å². The number of pyridine rings is 1. The Balaban J connectivity index is 2.71. The number of rotatable bonds is 5. The maximum absolute atomic E-state index is 5.59. The molecular weight excluding hydrogens is 224 g/mol. The lowest BCUT2D eigenvalue weighted by molar-refractivity contribution is 0.234. The van der Waals surface area contributed by atoms with Crippen molar-refractivity contribution < 1.29 is 4.74 Å². The molecule has 1 heterocycles. The molecule has 88 valence electrons. The van der Waals surface area contributed by atoms with Gasteiger partial charge in [-0.15, -0.1) is 0 Å². The van der Waals surface area contributed by atoms with Gasteiger partial charge in [0, 0.05) is 18.3 Å². The molecule has 1 rings (SSSR count). The Bertz CT molecular complexity index is 364. The molecule has 0 aliphatic carbocycles. The third-order valence-corrected chi connectivity index (χ3v) is 2.23. The summed E-state index contributed by atoms with van der Waals surface area (Å²) in [7, 11) is 0. The second kappa shape index (κ2) is 6.38. The fraction of sp³-hybridized carbons (Fsp3) is 0.417. The number of anilines is 1. The molecule has 0 bridgehead atoms. The van der Waals surface area contributed by atoms with E-state index in [2.05, 4.69) is 10.3 Å². The van der Waals surface area contributed by atoms with Crippen LogP contribution in [0.15, 0.2) is 29.4 Å². The third kappa shape index (κ3) is 4.11. The van der Waals surface area contributed by atoms with Crippen LogP contribution in [0.4, 0.5) is 5.69 Å². The Kier molecular flexibility index (Phi) is 5.12. The molecule has 1 N–H and O–H groups in total. The summed E-state index contributed by atoms with van der Waals surface area (Å²) in [6.07, 6.45) is 1.83. The first kappa shape index (κ1) is 12.8. The second-order valence-corrected chi connectivity index (χ2v) is 4.05. The van der Waals surface area contributed by atoms with Crippen molar-refractivity contribution in [2.45, 2.75) is 26.9 Å². The van der Waals surface area contributed by atoms with Gasteiger partial charge in [-0.2, -0.15) is 0 Å². The highest BCUT2D eigenvalue weighted by atomic mass is 35.5. The molecule has 1 aromatic rings. The van der Waals surface area contributed by atoms with Crippen molar-refractivity contribution >= 4 is 17.3 Å². The van der Waals surface area contributed by atoms with E-state index in [1.807, 2.05) is 32.9 Å². The summed E-state index contributed by atoms with van der Waals surface area (Å²) >= 11 is 5.59. The molecule has 0 aromatic carbocycles. The Morgan fingerprint density at radius 2 is 2.38 bits per heavy atom. The van der Waals surface area contributed by atoms with Crippen molar-refractivity contribution in [2.75, 3.05) is 11.9 Å². The Hall–Kier alpha value is -1.22. The van der Waals surface area contributed by atoms with Crippen LogP contribution in [0.5, 0.6) is 5.88 Å². The first-order valence-corrected chi connectivity index (χ1v) is 5.68. The molecule has 4 heteroatoms. The Morgan fingerprint density at radius 1 is 1.62 bits per heavy atom. The van der Waals surface area contributed by atoms with Crippen LogP contribution in [0, 0.1) is 0 Å². The lowest BCUT2D eigenvalue weighted by Crippen LogP contribution is -2.10. The molecule has 0 saturated carbocycles. The quantitative estimate of drug-likeness (QED) is 0.856. The molecule has 1 aromatic heterocycles. The van der Waals surface area contributed by atoms with Gasteiger partial charge in [0.1, 0.15) is 0 Å². The highest BCUT2D eigenvalue weighted by Crippen LogP contribution is 2.21. The topological polar surface area (TPSA) is 34.2 Å². The van der Waals surface area contributed by atoms with Crippen LogP contribution in [-0.4, -0.2) is 17.6 Å². The van der Waals surface area contributed by atoms with Crippen molar-refractivity contribution in [3.63, 3.8) is 0 Å². The van der Waals surface area contributed by atoms with Gasteiger partial charge in [0.2, 0.25) is 5.88 Å². The van der Waals surface area contributed by atoms with Gasteiger partial charge in [0.25, 0.3) is 0 Å². The van der Waals surface area contributed by atoms with Crippen LogP contribution in [0.3, 0.4) is 0 Å². The maximum Gasteiger partial charge on any atom is 0.237 e. The molecule has 0 amide bonds. The predicted octanol–water partition coefficient (Wildman–Crippen LogP) is 3.42. The molecule has 0 aliphatic heterocycles. The minimum absolute atomic E-state index is 0.111. The smallest absolute Gasteiger partial charge is 0.237 e. The standard InChI is InChI=1S/C12H17ClN2O/c1-9(2)16-12-11(5-4-6-14-12)15-8-10(3)7-13/h4-7,9,15H,8H2,1-3H3/b10-7+. The highest BCUT2D eigenvalue weighted by molar-refractivity contribution is 6.25. The summed E-state index contributed by atoms with van der Waals surface area (Å²) in [4.78, 5) is 4.19. The normalized spacial score (nSPS) is 11.7. The second-order valence-electron chi connectivity index (χ2n) is 3.83. The molecule has 0 radical (unpaired) electrons. The number of ether oxygens (including phenoxy) is 1. The van der Waals surface area contributed by atoms with Crippen molar-refractivity contribution in [3.8, 4) is 5.88 Å². The first-order valence-electron chi connectivity index (χ1n) is 5.25. The number of halogens is 1. The van der Waals surface area contributed by atoms with E-state index in [1.54, 1.807) is 11.7 Å². The van der Waals surface area contributed by atoms with Gasteiger partial charge in [0.15, 0.2) is 0 Å². The Labute approximate surface area is 101 Å². The van der Waals surface area contributed by atoms with E-state index in [-0.39, 0.29) is 6.10 Å². The van der Waals surface area contributed by atoms with E-state index in [1.165, 1.54) is 0 Å². The minimum atomic E-state index is 0.111. The monoisotopic (exact) mass is 240 g/mol. The van der Waals surface area contributed by atoms with Crippen molar-refractivity contribution in [2.24, 2.45) is 0 Å². The summed E-state index contributed by atoms with van der Waals surface area (Å²) in [6, 6.07) is 3.81. The van der Waals surface area contributed by atoms with Gasteiger partial charge in [-0.1, -0.05) is 11.6 Å². The molecule has 0 spiro atoms. The van der Waals surface area contributed by atoms with E-state index < -0.39 is 0 Å². The van der Waals surface area contributed by atoms with Crippen LogP contribution in [-0.2, 0) is 0 Å². The molecule has 0 unspecified atom stereocenters. The zero-order valence-electron chi connectivity index (χ0n) is 9.83. The average molecular weight is 241 g/mol. The molecule has 16 heavy (non-hydrogen) atoms. The fourth-order valence-corrected chi connectivity index (χ4v) is 1.19. The van der Waals surface area contributed by atoms with Crippen LogP contribution < -0.4 is 10.1 Å². The van der Waals surface area contributed by atoms with Crippen LogP contribution >= 0.6 is 11.6 Å². The number of nitrogens with one attached hydrogen (secondary N) is 1. The van der Waals surface area contributed by atoms with E-state index >= 15 is 0 Å². The molecule has 3 nitrogen and oxygen atoms in total. The van der Waals surface area contributed by atoms with E-state index in [9.17, 15) is 0 Å². The maximum atomic E-state index is 5.59. The summed E-state index contributed by atoms with van der Waals surface area (Å²) < 4.78 is 5.59. The molecule has 0 aliphatic rings. The van der Waals surface area contributed by atoms with E-state index in [0.29, 0.717) is 12.4 Å².